The van der Waals surface area contributed by atoms with Gasteiger partial charge in [0.05, 0.1) is 11.6 Å². The number of amides is 1. The summed E-state index contributed by atoms with van der Waals surface area (Å²) in [6.45, 7) is 2.10. The molecule has 0 saturated heterocycles. The molecule has 0 aromatic heterocycles. The minimum Gasteiger partial charge on any atom is -0.393 e. The van der Waals surface area contributed by atoms with Crippen molar-refractivity contribution in [2.45, 2.75) is 13.3 Å². The van der Waals surface area contributed by atoms with Crippen molar-refractivity contribution in [1.29, 1.82) is 0 Å². The average molecular weight is 316 g/mol. The zero-order valence-corrected chi connectivity index (χ0v) is 12.8. The lowest BCUT2D eigenvalue weighted by Gasteiger charge is -2.23. The van der Waals surface area contributed by atoms with Gasteiger partial charge in [-0.3, -0.25) is 4.79 Å². The smallest absolute Gasteiger partial charge is 0.259 e. The molecule has 0 aliphatic carbocycles. The van der Waals surface area contributed by atoms with Crippen molar-refractivity contribution in [3.05, 3.63) is 34.9 Å². The molecule has 0 aliphatic rings. The summed E-state index contributed by atoms with van der Waals surface area (Å²) >= 11 is 4.76. The fraction of sp³-hybridized carbons (Fsp3) is 0.429. The number of methoxy groups -OCH3 is 1. The summed E-state index contributed by atoms with van der Waals surface area (Å²) in [7, 11) is 1.48. The molecule has 0 atom stereocenters. The predicted molar refractivity (Wildman–Crippen MR) is 80.3 cm³/mol. The van der Waals surface area contributed by atoms with Crippen LogP contribution in [0.4, 0.5) is 8.78 Å². The van der Waals surface area contributed by atoms with Gasteiger partial charge in [0.15, 0.2) is 0 Å². The Labute approximate surface area is 127 Å². The van der Waals surface area contributed by atoms with Crippen LogP contribution < -0.4 is 5.73 Å². The Bertz CT molecular complexity index is 538. The predicted octanol–water partition coefficient (Wildman–Crippen LogP) is 2.04. The second-order valence-corrected chi connectivity index (χ2v) is 5.08. The molecule has 0 spiro atoms. The molecule has 21 heavy (non-hydrogen) atoms. The van der Waals surface area contributed by atoms with E-state index in [2.05, 4.69) is 0 Å². The van der Waals surface area contributed by atoms with Crippen molar-refractivity contribution in [2.24, 2.45) is 5.73 Å². The van der Waals surface area contributed by atoms with Gasteiger partial charge in [0, 0.05) is 26.6 Å². The van der Waals surface area contributed by atoms with E-state index < -0.39 is 23.1 Å². The first-order valence-electron chi connectivity index (χ1n) is 6.39. The molecule has 0 fully saturated rings. The Morgan fingerprint density at radius 1 is 1.38 bits per heavy atom. The summed E-state index contributed by atoms with van der Waals surface area (Å²) in [6.07, 6.45) is 0.278. The minimum atomic E-state index is -0.888. The van der Waals surface area contributed by atoms with Crippen molar-refractivity contribution in [2.75, 3.05) is 26.8 Å². The van der Waals surface area contributed by atoms with Crippen LogP contribution in [0.1, 0.15) is 22.3 Å². The normalized spacial score (nSPS) is 10.5. The van der Waals surface area contributed by atoms with Crippen LogP contribution in [0.15, 0.2) is 12.1 Å². The van der Waals surface area contributed by atoms with Crippen LogP contribution in [0.2, 0.25) is 0 Å². The molecule has 7 heteroatoms. The van der Waals surface area contributed by atoms with Gasteiger partial charge in [0.2, 0.25) is 0 Å². The third-order valence-corrected chi connectivity index (χ3v) is 3.18. The van der Waals surface area contributed by atoms with Gasteiger partial charge in [-0.25, -0.2) is 8.78 Å². The highest BCUT2D eigenvalue weighted by Gasteiger charge is 2.24. The van der Waals surface area contributed by atoms with E-state index in [1.807, 2.05) is 0 Å². The molecular weight excluding hydrogens is 298 g/mol. The number of carbonyl (C=O) groups is 1. The number of nitrogens with two attached hydrogens (primary N) is 1. The number of rotatable bonds is 7. The van der Waals surface area contributed by atoms with Gasteiger partial charge in [-0.05, 0) is 18.6 Å². The van der Waals surface area contributed by atoms with Gasteiger partial charge in [-0.1, -0.05) is 18.3 Å². The maximum absolute atomic E-state index is 14.0. The third kappa shape index (κ3) is 4.71. The van der Waals surface area contributed by atoms with E-state index in [0.717, 1.165) is 6.07 Å². The van der Waals surface area contributed by atoms with Gasteiger partial charge in [0.25, 0.3) is 5.91 Å². The van der Waals surface area contributed by atoms with Gasteiger partial charge in [0.1, 0.15) is 17.2 Å². The first kappa shape index (κ1) is 17.5. The van der Waals surface area contributed by atoms with Gasteiger partial charge in [-0.2, -0.15) is 0 Å². The van der Waals surface area contributed by atoms with Crippen molar-refractivity contribution in [3.63, 3.8) is 0 Å². The van der Waals surface area contributed by atoms with Crippen molar-refractivity contribution in [3.8, 4) is 0 Å². The number of halogens is 2. The van der Waals surface area contributed by atoms with Gasteiger partial charge >= 0.3 is 0 Å². The first-order chi connectivity index (χ1) is 9.88. The van der Waals surface area contributed by atoms with Crippen LogP contribution in [-0.4, -0.2) is 42.6 Å². The van der Waals surface area contributed by atoms with Crippen LogP contribution in [0.5, 0.6) is 0 Å². The highest BCUT2D eigenvalue weighted by molar-refractivity contribution is 7.80. The SMILES string of the molecule is COCCN(CCC(N)=S)C(=O)c1c(F)ccc(C)c1F. The molecule has 0 heterocycles. The molecule has 0 unspecified atom stereocenters. The van der Waals surface area contributed by atoms with Crippen LogP contribution in [0.25, 0.3) is 0 Å². The Morgan fingerprint density at radius 3 is 2.62 bits per heavy atom. The average Bonchev–Trinajstić information content (AvgIpc) is 2.43. The number of nitrogens with zero attached hydrogens (tertiary/aromatic N) is 1. The Kier molecular flexibility index (Phi) is 6.64. The van der Waals surface area contributed by atoms with Gasteiger partial charge < -0.3 is 15.4 Å². The van der Waals surface area contributed by atoms with E-state index in [0.29, 0.717) is 0 Å². The van der Waals surface area contributed by atoms with Crippen LogP contribution in [0, 0.1) is 18.6 Å². The van der Waals surface area contributed by atoms with E-state index >= 15 is 0 Å². The molecule has 116 valence electrons. The lowest BCUT2D eigenvalue weighted by molar-refractivity contribution is 0.0691. The highest BCUT2D eigenvalue weighted by Crippen LogP contribution is 2.18. The number of benzene rings is 1. The quantitative estimate of drug-likeness (QED) is 0.782. The zero-order valence-electron chi connectivity index (χ0n) is 12.0. The number of aryl methyl sites for hydroxylation is 1. The van der Waals surface area contributed by atoms with E-state index in [1.54, 1.807) is 0 Å². The number of hydrogen-bond acceptors (Lipinski definition) is 3. The minimum absolute atomic E-state index is 0.185. The Hall–Kier alpha value is -1.60. The fourth-order valence-electron chi connectivity index (χ4n) is 1.77. The van der Waals surface area contributed by atoms with Gasteiger partial charge in [-0.15, -0.1) is 0 Å². The third-order valence-electron chi connectivity index (χ3n) is 2.98. The number of thiocarbonyl (C=S) groups is 1. The topological polar surface area (TPSA) is 55.6 Å². The summed E-state index contributed by atoms with van der Waals surface area (Å²) in [5.41, 5.74) is 5.05. The molecule has 1 rings (SSSR count). The van der Waals surface area contributed by atoms with E-state index in [4.69, 9.17) is 22.7 Å². The fourth-order valence-corrected chi connectivity index (χ4v) is 1.86. The standard InChI is InChI=1S/C14H18F2N2O2S/c1-9-3-4-10(15)12(13(9)16)14(19)18(7-8-20-2)6-5-11(17)21/h3-4H,5-8H2,1-2H3,(H2,17,21). The van der Waals surface area contributed by atoms with E-state index in [-0.39, 0.29) is 36.7 Å². The first-order valence-corrected chi connectivity index (χ1v) is 6.80. The van der Waals surface area contributed by atoms with Crippen LogP contribution in [0.3, 0.4) is 0 Å². The van der Waals surface area contributed by atoms with Crippen LogP contribution >= 0.6 is 12.2 Å². The molecule has 0 bridgehead atoms. The molecule has 1 aromatic rings. The summed E-state index contributed by atoms with van der Waals surface area (Å²) in [5.74, 6) is -2.47. The number of ether oxygens (including phenoxy) is 1. The maximum atomic E-state index is 14.0. The lowest BCUT2D eigenvalue weighted by Crippen LogP contribution is -2.37. The monoisotopic (exact) mass is 316 g/mol. The summed E-state index contributed by atoms with van der Waals surface area (Å²) < 4.78 is 32.7. The summed E-state index contributed by atoms with van der Waals surface area (Å²) in [5, 5.41) is 0. The molecule has 0 radical (unpaired) electrons. The second-order valence-electron chi connectivity index (χ2n) is 4.55. The molecule has 0 aliphatic heterocycles. The van der Waals surface area contributed by atoms with Crippen molar-refractivity contribution >= 4 is 23.1 Å². The Balaban J connectivity index is 3.04. The second kappa shape index (κ2) is 7.99. The highest BCUT2D eigenvalue weighted by atomic mass is 32.1. The number of hydrogen-bond donors (Lipinski definition) is 1. The van der Waals surface area contributed by atoms with E-state index in [1.165, 1.54) is 25.0 Å². The maximum Gasteiger partial charge on any atom is 0.259 e. The molecule has 2 N–H and O–H groups in total. The van der Waals surface area contributed by atoms with Crippen molar-refractivity contribution in [1.82, 2.24) is 4.90 Å². The number of carbonyl (C=O) groups excluding carboxylic acids is 1. The molecular formula is C14H18F2N2O2S. The molecule has 0 saturated carbocycles. The summed E-state index contributed by atoms with van der Waals surface area (Å²) in [4.78, 5) is 13.9. The lowest BCUT2D eigenvalue weighted by atomic mass is 10.1. The van der Waals surface area contributed by atoms with Crippen LogP contribution in [-0.2, 0) is 4.74 Å². The molecule has 1 aromatic carbocycles. The molecule has 1 amide bonds. The molecule has 4 nitrogen and oxygen atoms in total. The zero-order chi connectivity index (χ0) is 16.0. The summed E-state index contributed by atoms with van der Waals surface area (Å²) in [6, 6.07) is 2.36. The Morgan fingerprint density at radius 2 is 2.05 bits per heavy atom. The van der Waals surface area contributed by atoms with Crippen molar-refractivity contribution < 1.29 is 18.3 Å². The van der Waals surface area contributed by atoms with E-state index in [9.17, 15) is 13.6 Å². The largest absolute Gasteiger partial charge is 0.393 e.